The first-order chi connectivity index (χ1) is 9.56. The number of benzene rings is 1. The number of halogens is 4. The van der Waals surface area contributed by atoms with E-state index in [1.807, 2.05) is 0 Å². The van der Waals surface area contributed by atoms with Crippen LogP contribution in [0.3, 0.4) is 0 Å². The van der Waals surface area contributed by atoms with Crippen LogP contribution in [-0.2, 0) is 0 Å². The summed E-state index contributed by atoms with van der Waals surface area (Å²) >= 11 is 18.5. The molecule has 0 amide bonds. The quantitative estimate of drug-likeness (QED) is 0.560. The lowest BCUT2D eigenvalue weighted by molar-refractivity contribution is 0.586. The molecule has 100 valence electrons. The Bertz CT molecular complexity index is 801. The van der Waals surface area contributed by atoms with Crippen LogP contribution in [0.5, 0.6) is 0 Å². The molecule has 0 saturated carbocycles. The third-order valence-corrected chi connectivity index (χ3v) is 3.77. The van der Waals surface area contributed by atoms with Gasteiger partial charge >= 0.3 is 0 Å². The molecule has 0 bridgehead atoms. The minimum atomic E-state index is -0.607. The Labute approximate surface area is 129 Å². The van der Waals surface area contributed by atoms with Crippen molar-refractivity contribution < 1.29 is 4.39 Å². The predicted octanol–water partition coefficient (Wildman–Crippen LogP) is 5.40. The standard InChI is InChI=1S/C14H6Cl3FN2/c15-9-2-1-3-10(16)13(9)8-4-7-6-19-12(18)5-11(7)20-14(8)17/h1-6H. The molecule has 2 heterocycles. The number of pyridine rings is 2. The van der Waals surface area contributed by atoms with Gasteiger partial charge in [-0.1, -0.05) is 40.9 Å². The van der Waals surface area contributed by atoms with E-state index in [4.69, 9.17) is 34.8 Å². The molecule has 0 radical (unpaired) electrons. The van der Waals surface area contributed by atoms with Gasteiger partial charge in [0.25, 0.3) is 0 Å². The average molecular weight is 328 g/mol. The van der Waals surface area contributed by atoms with Crippen LogP contribution in [0.15, 0.2) is 36.5 Å². The van der Waals surface area contributed by atoms with Crippen molar-refractivity contribution in [3.8, 4) is 11.1 Å². The third kappa shape index (κ3) is 2.33. The van der Waals surface area contributed by atoms with Crippen LogP contribution >= 0.6 is 34.8 Å². The fraction of sp³-hybridized carbons (Fsp3) is 0. The van der Waals surface area contributed by atoms with Gasteiger partial charge in [-0.15, -0.1) is 0 Å². The van der Waals surface area contributed by atoms with E-state index >= 15 is 0 Å². The maximum atomic E-state index is 13.1. The summed E-state index contributed by atoms with van der Waals surface area (Å²) in [6.07, 6.45) is 1.39. The van der Waals surface area contributed by atoms with Crippen molar-refractivity contribution in [2.75, 3.05) is 0 Å². The highest BCUT2D eigenvalue weighted by Crippen LogP contribution is 2.38. The van der Waals surface area contributed by atoms with Crippen molar-refractivity contribution >= 4 is 45.7 Å². The smallest absolute Gasteiger partial charge is 0.214 e. The van der Waals surface area contributed by atoms with Crippen molar-refractivity contribution in [1.29, 1.82) is 0 Å². The predicted molar refractivity (Wildman–Crippen MR) is 80.0 cm³/mol. The van der Waals surface area contributed by atoms with E-state index < -0.39 is 5.95 Å². The van der Waals surface area contributed by atoms with Crippen LogP contribution in [0.2, 0.25) is 15.2 Å². The summed E-state index contributed by atoms with van der Waals surface area (Å²) in [5, 5.41) is 1.80. The summed E-state index contributed by atoms with van der Waals surface area (Å²) in [6.45, 7) is 0. The SMILES string of the molecule is Fc1cc2nc(Cl)c(-c3c(Cl)cccc3Cl)cc2cn1. The molecule has 1 aromatic carbocycles. The Kier molecular flexibility index (Phi) is 3.50. The Balaban J connectivity index is 2.32. The molecular weight excluding hydrogens is 322 g/mol. The van der Waals surface area contributed by atoms with Crippen LogP contribution in [0.25, 0.3) is 22.0 Å². The number of fused-ring (bicyclic) bond motifs is 1. The van der Waals surface area contributed by atoms with Crippen molar-refractivity contribution in [1.82, 2.24) is 9.97 Å². The minimum absolute atomic E-state index is 0.207. The molecular formula is C14H6Cl3FN2. The molecule has 2 aromatic heterocycles. The fourth-order valence-corrected chi connectivity index (χ4v) is 2.79. The van der Waals surface area contributed by atoms with Crippen molar-refractivity contribution in [3.63, 3.8) is 0 Å². The molecule has 0 aliphatic rings. The van der Waals surface area contributed by atoms with Gasteiger partial charge in [-0.25, -0.2) is 9.97 Å². The van der Waals surface area contributed by atoms with Crippen LogP contribution in [-0.4, -0.2) is 9.97 Å². The van der Waals surface area contributed by atoms with E-state index in [0.717, 1.165) is 0 Å². The summed E-state index contributed by atoms with van der Waals surface area (Å²) < 4.78 is 13.1. The Morgan fingerprint density at radius 3 is 2.40 bits per heavy atom. The first-order valence-electron chi connectivity index (χ1n) is 5.62. The molecule has 0 aliphatic heterocycles. The molecule has 0 spiro atoms. The minimum Gasteiger partial charge on any atom is -0.235 e. The molecule has 2 nitrogen and oxygen atoms in total. The van der Waals surface area contributed by atoms with Gasteiger partial charge < -0.3 is 0 Å². The van der Waals surface area contributed by atoms with Gasteiger partial charge in [0.15, 0.2) is 0 Å². The molecule has 20 heavy (non-hydrogen) atoms. The zero-order chi connectivity index (χ0) is 14.3. The van der Waals surface area contributed by atoms with Crippen LogP contribution < -0.4 is 0 Å². The summed E-state index contributed by atoms with van der Waals surface area (Å²) in [5.41, 5.74) is 1.61. The maximum Gasteiger partial charge on any atom is 0.214 e. The normalized spacial score (nSPS) is 11.0. The molecule has 3 rings (SSSR count). The van der Waals surface area contributed by atoms with E-state index in [9.17, 15) is 4.39 Å². The van der Waals surface area contributed by atoms with Gasteiger partial charge in [-0.05, 0) is 18.2 Å². The van der Waals surface area contributed by atoms with Gasteiger partial charge in [0.2, 0.25) is 5.95 Å². The average Bonchev–Trinajstić information content (AvgIpc) is 2.39. The topological polar surface area (TPSA) is 25.8 Å². The third-order valence-electron chi connectivity index (χ3n) is 2.85. The lowest BCUT2D eigenvalue weighted by Crippen LogP contribution is -1.90. The van der Waals surface area contributed by atoms with E-state index in [0.29, 0.717) is 32.1 Å². The monoisotopic (exact) mass is 326 g/mol. The summed E-state index contributed by atoms with van der Waals surface area (Å²) in [6, 6.07) is 8.13. The number of rotatable bonds is 1. The second-order valence-corrected chi connectivity index (χ2v) is 5.30. The van der Waals surface area contributed by atoms with Crippen LogP contribution in [0.4, 0.5) is 4.39 Å². The van der Waals surface area contributed by atoms with Crippen molar-refractivity contribution in [2.45, 2.75) is 0 Å². The maximum absolute atomic E-state index is 13.1. The van der Waals surface area contributed by atoms with Gasteiger partial charge in [0, 0.05) is 28.8 Å². The highest BCUT2D eigenvalue weighted by Gasteiger charge is 2.14. The Morgan fingerprint density at radius 1 is 1.00 bits per heavy atom. The van der Waals surface area contributed by atoms with Crippen LogP contribution in [0.1, 0.15) is 0 Å². The van der Waals surface area contributed by atoms with Gasteiger partial charge in [0.1, 0.15) is 5.15 Å². The molecule has 0 fully saturated rings. The zero-order valence-electron chi connectivity index (χ0n) is 9.87. The first-order valence-corrected chi connectivity index (χ1v) is 6.76. The van der Waals surface area contributed by atoms with E-state index in [1.54, 1.807) is 24.3 Å². The fourth-order valence-electron chi connectivity index (χ4n) is 1.95. The van der Waals surface area contributed by atoms with E-state index in [-0.39, 0.29) is 5.15 Å². The van der Waals surface area contributed by atoms with Gasteiger partial charge in [-0.2, -0.15) is 4.39 Å². The second kappa shape index (κ2) is 5.17. The van der Waals surface area contributed by atoms with Crippen molar-refractivity contribution in [2.24, 2.45) is 0 Å². The van der Waals surface area contributed by atoms with Gasteiger partial charge in [-0.3, -0.25) is 0 Å². The number of nitrogens with zero attached hydrogens (tertiary/aromatic N) is 2. The lowest BCUT2D eigenvalue weighted by atomic mass is 10.1. The largest absolute Gasteiger partial charge is 0.235 e. The Morgan fingerprint density at radius 2 is 1.70 bits per heavy atom. The second-order valence-electron chi connectivity index (χ2n) is 4.12. The van der Waals surface area contributed by atoms with E-state index in [2.05, 4.69) is 9.97 Å². The van der Waals surface area contributed by atoms with Crippen molar-refractivity contribution in [3.05, 3.63) is 57.7 Å². The van der Waals surface area contributed by atoms with E-state index in [1.165, 1.54) is 12.3 Å². The molecule has 0 unspecified atom stereocenters. The number of aromatic nitrogens is 2. The zero-order valence-corrected chi connectivity index (χ0v) is 12.1. The first kappa shape index (κ1) is 13.6. The lowest BCUT2D eigenvalue weighted by Gasteiger charge is -2.10. The summed E-state index contributed by atoms with van der Waals surface area (Å²) in [7, 11) is 0. The Hall–Kier alpha value is -1.42. The highest BCUT2D eigenvalue weighted by atomic mass is 35.5. The highest BCUT2D eigenvalue weighted by molar-refractivity contribution is 6.41. The molecule has 6 heteroatoms. The summed E-state index contributed by atoms with van der Waals surface area (Å²) in [5.74, 6) is -0.607. The molecule has 0 saturated heterocycles. The number of hydrogen-bond acceptors (Lipinski definition) is 2. The molecule has 0 atom stereocenters. The van der Waals surface area contributed by atoms with Gasteiger partial charge in [0.05, 0.1) is 15.6 Å². The van der Waals surface area contributed by atoms with Crippen LogP contribution in [0, 0.1) is 5.95 Å². The molecule has 0 N–H and O–H groups in total. The summed E-state index contributed by atoms with van der Waals surface area (Å²) in [4.78, 5) is 7.76. The molecule has 3 aromatic rings. The molecule has 0 aliphatic carbocycles. The number of hydrogen-bond donors (Lipinski definition) is 0.